The van der Waals surface area contributed by atoms with Gasteiger partial charge in [0, 0.05) is 50.0 Å². The van der Waals surface area contributed by atoms with Crippen LogP contribution in [0.1, 0.15) is 12.8 Å². The molecule has 2 aliphatic heterocycles. The van der Waals surface area contributed by atoms with Crippen LogP contribution in [0.25, 0.3) is 0 Å². The van der Waals surface area contributed by atoms with Gasteiger partial charge in [0.25, 0.3) is 0 Å². The fraction of sp³-hybridized carbons (Fsp3) is 0.588. The van der Waals surface area contributed by atoms with E-state index in [1.807, 2.05) is 29.2 Å². The molecule has 0 radical (unpaired) electrons. The smallest absolute Gasteiger partial charge is 0.227 e. The van der Waals surface area contributed by atoms with E-state index in [4.69, 9.17) is 11.6 Å². The molecule has 1 aromatic carbocycles. The predicted octanol–water partition coefficient (Wildman–Crippen LogP) is 1.66. The lowest BCUT2D eigenvalue weighted by Crippen LogP contribution is -2.53. The number of carbonyl (C=O) groups is 1. The maximum Gasteiger partial charge on any atom is 0.227 e. The Morgan fingerprint density at radius 1 is 1.16 bits per heavy atom. The van der Waals surface area contributed by atoms with E-state index in [0.29, 0.717) is 31.2 Å². The molecular formula is C17H24ClN3O3S. The van der Waals surface area contributed by atoms with E-state index in [9.17, 15) is 13.2 Å². The highest BCUT2D eigenvalue weighted by molar-refractivity contribution is 7.88. The maximum absolute atomic E-state index is 12.8. The molecule has 0 N–H and O–H groups in total. The van der Waals surface area contributed by atoms with Crippen molar-refractivity contribution in [2.75, 3.05) is 50.4 Å². The van der Waals surface area contributed by atoms with Crippen molar-refractivity contribution in [2.24, 2.45) is 5.92 Å². The van der Waals surface area contributed by atoms with Gasteiger partial charge in [-0.3, -0.25) is 4.79 Å². The van der Waals surface area contributed by atoms with Gasteiger partial charge in [-0.1, -0.05) is 17.7 Å². The molecule has 25 heavy (non-hydrogen) atoms. The number of anilines is 1. The molecule has 0 aliphatic carbocycles. The minimum Gasteiger partial charge on any atom is -0.368 e. The number of piperidine rings is 1. The summed E-state index contributed by atoms with van der Waals surface area (Å²) in [6, 6.07) is 7.73. The van der Waals surface area contributed by atoms with Crippen molar-refractivity contribution in [1.82, 2.24) is 9.21 Å². The van der Waals surface area contributed by atoms with Crippen LogP contribution >= 0.6 is 11.6 Å². The van der Waals surface area contributed by atoms with E-state index in [1.54, 1.807) is 0 Å². The van der Waals surface area contributed by atoms with Gasteiger partial charge < -0.3 is 9.80 Å². The van der Waals surface area contributed by atoms with Crippen LogP contribution in [-0.4, -0.2) is 69.1 Å². The zero-order valence-corrected chi connectivity index (χ0v) is 16.0. The lowest BCUT2D eigenvalue weighted by atomic mass is 9.97. The summed E-state index contributed by atoms with van der Waals surface area (Å²) in [5, 5.41) is 0.707. The Morgan fingerprint density at radius 3 is 2.52 bits per heavy atom. The van der Waals surface area contributed by atoms with Crippen LogP contribution in [0.15, 0.2) is 24.3 Å². The Kier molecular flexibility index (Phi) is 5.55. The zero-order valence-electron chi connectivity index (χ0n) is 14.4. The number of amides is 1. The maximum atomic E-state index is 12.8. The van der Waals surface area contributed by atoms with E-state index < -0.39 is 10.0 Å². The third-order valence-corrected chi connectivity index (χ3v) is 6.47. The standard InChI is InChI=1S/C17H24ClN3O3S/c1-25(23,24)21-7-3-4-14(13-21)17(22)20-10-8-19(9-11-20)16-6-2-5-15(18)12-16/h2,5-6,12,14H,3-4,7-11,13H2,1H3/t14-/m1/s1. The number of carbonyl (C=O) groups excluding carboxylic acids is 1. The summed E-state index contributed by atoms with van der Waals surface area (Å²) >= 11 is 6.05. The Labute approximate surface area is 154 Å². The Balaban J connectivity index is 1.58. The van der Waals surface area contributed by atoms with Crippen molar-refractivity contribution >= 4 is 33.2 Å². The first-order valence-electron chi connectivity index (χ1n) is 8.59. The second kappa shape index (κ2) is 7.51. The Morgan fingerprint density at radius 2 is 1.88 bits per heavy atom. The zero-order chi connectivity index (χ0) is 18.0. The van der Waals surface area contributed by atoms with Gasteiger partial charge in [0.05, 0.1) is 12.2 Å². The number of rotatable bonds is 3. The second-order valence-corrected chi connectivity index (χ2v) is 9.17. The highest BCUT2D eigenvalue weighted by Crippen LogP contribution is 2.24. The van der Waals surface area contributed by atoms with Gasteiger partial charge in [-0.2, -0.15) is 0 Å². The molecule has 2 fully saturated rings. The van der Waals surface area contributed by atoms with Crippen molar-refractivity contribution in [3.63, 3.8) is 0 Å². The topological polar surface area (TPSA) is 60.9 Å². The highest BCUT2D eigenvalue weighted by atomic mass is 35.5. The quantitative estimate of drug-likeness (QED) is 0.794. The first-order valence-corrected chi connectivity index (χ1v) is 10.8. The third-order valence-electron chi connectivity index (χ3n) is 4.97. The SMILES string of the molecule is CS(=O)(=O)N1CCC[C@@H](C(=O)N2CCN(c3cccc(Cl)c3)CC2)C1. The van der Waals surface area contributed by atoms with Crippen LogP contribution in [0.4, 0.5) is 5.69 Å². The molecule has 138 valence electrons. The number of sulfonamides is 1. The molecule has 1 atom stereocenters. The molecule has 1 amide bonds. The van der Waals surface area contributed by atoms with Gasteiger partial charge in [0.15, 0.2) is 0 Å². The minimum absolute atomic E-state index is 0.0825. The number of hydrogen-bond donors (Lipinski definition) is 0. The van der Waals surface area contributed by atoms with E-state index in [0.717, 1.165) is 31.6 Å². The second-order valence-electron chi connectivity index (χ2n) is 6.75. The highest BCUT2D eigenvalue weighted by Gasteiger charge is 2.33. The number of halogens is 1. The van der Waals surface area contributed by atoms with Crippen molar-refractivity contribution in [2.45, 2.75) is 12.8 Å². The number of hydrogen-bond acceptors (Lipinski definition) is 4. The molecule has 0 unspecified atom stereocenters. The van der Waals surface area contributed by atoms with Gasteiger partial charge in [0.2, 0.25) is 15.9 Å². The molecule has 0 aromatic heterocycles. The Bertz CT molecular complexity index is 732. The fourth-order valence-corrected chi connectivity index (χ4v) is 4.66. The van der Waals surface area contributed by atoms with Gasteiger partial charge in [-0.25, -0.2) is 12.7 Å². The normalized spacial score (nSPS) is 22.9. The van der Waals surface area contributed by atoms with Gasteiger partial charge >= 0.3 is 0 Å². The summed E-state index contributed by atoms with van der Waals surface area (Å²) in [7, 11) is -3.23. The average molecular weight is 386 g/mol. The largest absolute Gasteiger partial charge is 0.368 e. The van der Waals surface area contributed by atoms with Gasteiger partial charge in [-0.05, 0) is 31.0 Å². The summed E-state index contributed by atoms with van der Waals surface area (Å²) in [6.45, 7) is 3.65. The minimum atomic E-state index is -3.23. The van der Waals surface area contributed by atoms with E-state index in [1.165, 1.54) is 10.6 Å². The molecule has 1 aromatic rings. The molecule has 2 aliphatic rings. The van der Waals surface area contributed by atoms with Crippen LogP contribution in [0.3, 0.4) is 0 Å². The summed E-state index contributed by atoms with van der Waals surface area (Å²) in [4.78, 5) is 16.9. The number of benzene rings is 1. The summed E-state index contributed by atoms with van der Waals surface area (Å²) in [5.41, 5.74) is 1.07. The van der Waals surface area contributed by atoms with E-state index in [2.05, 4.69) is 4.90 Å². The molecule has 2 saturated heterocycles. The van der Waals surface area contributed by atoms with Crippen LogP contribution in [0.2, 0.25) is 5.02 Å². The van der Waals surface area contributed by atoms with Gasteiger partial charge in [-0.15, -0.1) is 0 Å². The van der Waals surface area contributed by atoms with Crippen molar-refractivity contribution in [1.29, 1.82) is 0 Å². The average Bonchev–Trinajstić information content (AvgIpc) is 2.61. The number of piperazine rings is 1. The molecular weight excluding hydrogens is 362 g/mol. The van der Waals surface area contributed by atoms with E-state index in [-0.39, 0.29) is 11.8 Å². The van der Waals surface area contributed by atoms with Crippen LogP contribution in [0.5, 0.6) is 0 Å². The predicted molar refractivity (Wildman–Crippen MR) is 99.4 cm³/mol. The lowest BCUT2D eigenvalue weighted by molar-refractivity contribution is -0.137. The van der Waals surface area contributed by atoms with Gasteiger partial charge in [0.1, 0.15) is 0 Å². The molecule has 0 spiro atoms. The molecule has 0 bridgehead atoms. The van der Waals surface area contributed by atoms with Crippen LogP contribution in [-0.2, 0) is 14.8 Å². The van der Waals surface area contributed by atoms with Crippen LogP contribution < -0.4 is 4.90 Å². The summed E-state index contributed by atoms with van der Waals surface area (Å²) in [5.74, 6) is -0.139. The van der Waals surface area contributed by atoms with E-state index >= 15 is 0 Å². The first-order chi connectivity index (χ1) is 11.8. The Hall–Kier alpha value is -1.31. The monoisotopic (exact) mass is 385 g/mol. The van der Waals surface area contributed by atoms with Crippen molar-refractivity contribution in [3.8, 4) is 0 Å². The molecule has 2 heterocycles. The first kappa shape index (κ1) is 18.5. The van der Waals surface area contributed by atoms with Crippen molar-refractivity contribution < 1.29 is 13.2 Å². The molecule has 3 rings (SSSR count). The number of nitrogens with zero attached hydrogens (tertiary/aromatic N) is 3. The molecule has 0 saturated carbocycles. The summed E-state index contributed by atoms with van der Waals surface area (Å²) in [6.07, 6.45) is 2.72. The van der Waals surface area contributed by atoms with Crippen LogP contribution in [0, 0.1) is 5.92 Å². The fourth-order valence-electron chi connectivity index (χ4n) is 3.56. The molecule has 6 nitrogen and oxygen atoms in total. The summed E-state index contributed by atoms with van der Waals surface area (Å²) < 4.78 is 24.9. The molecule has 8 heteroatoms. The lowest BCUT2D eigenvalue weighted by Gasteiger charge is -2.39. The van der Waals surface area contributed by atoms with Crippen molar-refractivity contribution in [3.05, 3.63) is 29.3 Å². The third kappa shape index (κ3) is 4.46.